The van der Waals surface area contributed by atoms with Gasteiger partial charge in [-0.05, 0) is 25.0 Å². The molecule has 35 heavy (non-hydrogen) atoms. The highest BCUT2D eigenvalue weighted by molar-refractivity contribution is 6.06. The number of rotatable bonds is 8. The Hall–Kier alpha value is -3.25. The van der Waals surface area contributed by atoms with Crippen LogP contribution in [-0.2, 0) is 19.1 Å². The van der Waals surface area contributed by atoms with Crippen LogP contribution in [0.2, 0.25) is 0 Å². The first-order valence-corrected chi connectivity index (χ1v) is 12.3. The van der Waals surface area contributed by atoms with E-state index in [0.29, 0.717) is 11.0 Å². The van der Waals surface area contributed by atoms with Crippen LogP contribution in [-0.4, -0.2) is 67.0 Å². The van der Waals surface area contributed by atoms with Crippen molar-refractivity contribution in [3.63, 3.8) is 0 Å². The first-order chi connectivity index (χ1) is 16.7. The second-order valence-electron chi connectivity index (χ2n) is 10.5. The summed E-state index contributed by atoms with van der Waals surface area (Å²) in [5.74, 6) is -1.71. The molecule has 184 valence electrons. The van der Waals surface area contributed by atoms with Gasteiger partial charge in [-0.1, -0.05) is 72.8 Å². The van der Waals surface area contributed by atoms with Gasteiger partial charge in [0, 0.05) is 11.8 Å². The summed E-state index contributed by atoms with van der Waals surface area (Å²) in [6.07, 6.45) is 4.03. The van der Waals surface area contributed by atoms with Crippen LogP contribution >= 0.6 is 0 Å². The van der Waals surface area contributed by atoms with E-state index in [9.17, 15) is 14.4 Å². The van der Waals surface area contributed by atoms with Crippen molar-refractivity contribution in [2.75, 3.05) is 33.7 Å². The fourth-order valence-corrected chi connectivity index (χ4v) is 5.32. The van der Waals surface area contributed by atoms with Crippen molar-refractivity contribution in [1.29, 1.82) is 0 Å². The normalized spacial score (nSPS) is 24.1. The second-order valence-corrected chi connectivity index (χ2v) is 10.5. The van der Waals surface area contributed by atoms with Gasteiger partial charge in [-0.25, -0.2) is 4.79 Å². The Bertz CT molecular complexity index is 1030. The van der Waals surface area contributed by atoms with Crippen LogP contribution in [0, 0.1) is 11.8 Å². The number of carbonyl (C=O) groups is 3. The van der Waals surface area contributed by atoms with Crippen LogP contribution in [0.3, 0.4) is 0 Å². The molecule has 2 amide bonds. The minimum Gasteiger partial charge on any atom is -0.459 e. The zero-order chi connectivity index (χ0) is 25.2. The van der Waals surface area contributed by atoms with Crippen molar-refractivity contribution in [2.24, 2.45) is 11.8 Å². The van der Waals surface area contributed by atoms with Gasteiger partial charge in [-0.3, -0.25) is 14.5 Å². The minimum atomic E-state index is -0.443. The third-order valence-corrected chi connectivity index (χ3v) is 7.01. The van der Waals surface area contributed by atoms with Crippen molar-refractivity contribution < 1.29 is 23.6 Å². The Labute approximate surface area is 207 Å². The lowest BCUT2D eigenvalue weighted by atomic mass is 9.68. The standard InChI is InChI=1S/C29H35N2O4/c1-20(2)35-25(32)19-31(3,4)18-17-30-28(33)26-23(21-11-7-5-8-12-21)15-16-24(27(26)29(30)34)22-13-9-6-10-14-22/h5-16,20,23-24,26-27H,17-19H2,1-4H3/q+1/t23-,24+,26+,27-. The van der Waals surface area contributed by atoms with E-state index in [1.165, 1.54) is 4.90 Å². The molecule has 2 aromatic rings. The third-order valence-electron chi connectivity index (χ3n) is 7.01. The van der Waals surface area contributed by atoms with Gasteiger partial charge in [0.1, 0.15) is 0 Å². The van der Waals surface area contributed by atoms with E-state index in [2.05, 4.69) is 12.2 Å². The average Bonchev–Trinajstić information content (AvgIpc) is 3.07. The lowest BCUT2D eigenvalue weighted by Crippen LogP contribution is -2.50. The molecule has 0 aromatic heterocycles. The number of likely N-dealkylation sites (N-methyl/N-ethyl adjacent to an activating group) is 1. The smallest absolute Gasteiger partial charge is 0.362 e. The van der Waals surface area contributed by atoms with Crippen LogP contribution in [0.25, 0.3) is 0 Å². The molecule has 4 atom stereocenters. The van der Waals surface area contributed by atoms with Gasteiger partial charge < -0.3 is 9.22 Å². The monoisotopic (exact) mass is 475 g/mol. The number of quaternary nitrogens is 1. The Morgan fingerprint density at radius 1 is 0.857 bits per heavy atom. The summed E-state index contributed by atoms with van der Waals surface area (Å²) in [6.45, 7) is 4.57. The molecule has 1 aliphatic carbocycles. The van der Waals surface area contributed by atoms with Crippen LogP contribution < -0.4 is 0 Å². The molecule has 0 radical (unpaired) electrons. The highest BCUT2D eigenvalue weighted by atomic mass is 16.5. The van der Waals surface area contributed by atoms with E-state index in [1.807, 2.05) is 88.6 Å². The molecule has 6 heteroatoms. The van der Waals surface area contributed by atoms with Gasteiger partial charge in [-0.2, -0.15) is 0 Å². The molecule has 2 aromatic carbocycles. The largest absolute Gasteiger partial charge is 0.459 e. The maximum Gasteiger partial charge on any atom is 0.362 e. The zero-order valence-corrected chi connectivity index (χ0v) is 21.0. The number of nitrogens with zero attached hydrogens (tertiary/aromatic N) is 2. The first kappa shape index (κ1) is 24.9. The number of amides is 2. The van der Waals surface area contributed by atoms with Crippen molar-refractivity contribution in [1.82, 2.24) is 4.90 Å². The number of likely N-dealkylation sites (tertiary alicyclic amines) is 1. The Morgan fingerprint density at radius 2 is 1.31 bits per heavy atom. The predicted octanol–water partition coefficient (Wildman–Crippen LogP) is 3.75. The molecular weight excluding hydrogens is 440 g/mol. The molecule has 2 aliphatic rings. The third kappa shape index (κ3) is 5.38. The highest BCUT2D eigenvalue weighted by Crippen LogP contribution is 2.49. The molecule has 1 aliphatic heterocycles. The van der Waals surface area contributed by atoms with Gasteiger partial charge in [0.05, 0.1) is 45.1 Å². The van der Waals surface area contributed by atoms with Gasteiger partial charge in [-0.15, -0.1) is 0 Å². The molecule has 1 saturated heterocycles. The number of allylic oxidation sites excluding steroid dienone is 2. The lowest BCUT2D eigenvalue weighted by molar-refractivity contribution is -0.882. The van der Waals surface area contributed by atoms with Gasteiger partial charge in [0.2, 0.25) is 11.8 Å². The highest BCUT2D eigenvalue weighted by Gasteiger charge is 2.55. The number of hydrogen-bond acceptors (Lipinski definition) is 4. The number of carbonyl (C=O) groups excluding carboxylic acids is 3. The van der Waals surface area contributed by atoms with Crippen LogP contribution in [0.4, 0.5) is 0 Å². The number of benzene rings is 2. The Morgan fingerprint density at radius 3 is 1.74 bits per heavy atom. The van der Waals surface area contributed by atoms with E-state index >= 15 is 0 Å². The van der Waals surface area contributed by atoms with E-state index in [1.54, 1.807) is 0 Å². The van der Waals surface area contributed by atoms with Crippen molar-refractivity contribution in [2.45, 2.75) is 31.8 Å². The van der Waals surface area contributed by atoms with Gasteiger partial charge >= 0.3 is 5.97 Å². The summed E-state index contributed by atoms with van der Waals surface area (Å²) in [5.41, 5.74) is 2.08. The Balaban J connectivity index is 1.59. The summed E-state index contributed by atoms with van der Waals surface area (Å²) in [4.78, 5) is 41.2. The molecule has 0 unspecified atom stereocenters. The fraction of sp³-hybridized carbons (Fsp3) is 0.414. The SMILES string of the molecule is CC(C)OC(=O)C[N+](C)(C)CCN1C(=O)[C@@H]2[C@H](C1=O)[C@H](c1ccccc1)C=C[C@@H]2c1ccccc1. The Kier molecular flexibility index (Phi) is 7.22. The number of fused-ring (bicyclic) bond motifs is 1. The van der Waals surface area contributed by atoms with Crippen LogP contribution in [0.15, 0.2) is 72.8 Å². The van der Waals surface area contributed by atoms with E-state index in [-0.39, 0.29) is 48.8 Å². The first-order valence-electron chi connectivity index (χ1n) is 12.3. The molecule has 0 spiro atoms. The summed E-state index contributed by atoms with van der Waals surface area (Å²) in [6, 6.07) is 19.9. The van der Waals surface area contributed by atoms with Crippen LogP contribution in [0.1, 0.15) is 36.8 Å². The lowest BCUT2D eigenvalue weighted by Gasteiger charge is -2.32. The molecule has 0 saturated carbocycles. The summed E-state index contributed by atoms with van der Waals surface area (Å²) in [5, 5.41) is 0. The molecule has 4 rings (SSSR count). The van der Waals surface area contributed by atoms with Crippen molar-refractivity contribution in [3.8, 4) is 0 Å². The number of esters is 1. The van der Waals surface area contributed by atoms with Gasteiger partial charge in [0.25, 0.3) is 0 Å². The maximum atomic E-state index is 13.8. The second kappa shape index (κ2) is 10.2. The molecule has 1 heterocycles. The molecule has 0 N–H and O–H groups in total. The minimum absolute atomic E-state index is 0.121. The summed E-state index contributed by atoms with van der Waals surface area (Å²) in [7, 11) is 3.83. The number of ether oxygens (including phenoxy) is 1. The average molecular weight is 476 g/mol. The molecule has 6 nitrogen and oxygen atoms in total. The molecule has 0 bridgehead atoms. The van der Waals surface area contributed by atoms with Crippen molar-refractivity contribution in [3.05, 3.63) is 83.9 Å². The topological polar surface area (TPSA) is 63.7 Å². The predicted molar refractivity (Wildman–Crippen MR) is 134 cm³/mol. The molecular formula is C29H35N2O4+. The summed E-state index contributed by atoms with van der Waals surface area (Å²) < 4.78 is 5.63. The van der Waals surface area contributed by atoms with Crippen LogP contribution in [0.5, 0.6) is 0 Å². The number of hydrogen-bond donors (Lipinski definition) is 0. The zero-order valence-electron chi connectivity index (χ0n) is 21.0. The molecule has 1 fully saturated rings. The van der Waals surface area contributed by atoms with E-state index in [0.717, 1.165) is 11.1 Å². The fourth-order valence-electron chi connectivity index (χ4n) is 5.32. The quantitative estimate of drug-likeness (QED) is 0.252. The van der Waals surface area contributed by atoms with Crippen molar-refractivity contribution >= 4 is 17.8 Å². The van der Waals surface area contributed by atoms with Gasteiger partial charge in [0.15, 0.2) is 6.54 Å². The van der Waals surface area contributed by atoms with E-state index < -0.39 is 11.8 Å². The number of imide groups is 1. The van der Waals surface area contributed by atoms with E-state index in [4.69, 9.17) is 4.74 Å². The summed E-state index contributed by atoms with van der Waals surface area (Å²) >= 11 is 0. The maximum absolute atomic E-state index is 13.8.